The van der Waals surface area contributed by atoms with Crippen molar-refractivity contribution in [2.45, 2.75) is 51.6 Å². The van der Waals surface area contributed by atoms with E-state index in [-0.39, 0.29) is 0 Å². The first-order valence-electron chi connectivity index (χ1n) is 7.22. The Balaban J connectivity index is 1.57. The van der Waals surface area contributed by atoms with Crippen LogP contribution in [0.15, 0.2) is 0 Å². The Morgan fingerprint density at radius 3 is 2.75 bits per heavy atom. The first kappa shape index (κ1) is 11.0. The lowest BCUT2D eigenvalue weighted by molar-refractivity contribution is 0.0476. The van der Waals surface area contributed by atoms with Crippen molar-refractivity contribution in [1.29, 1.82) is 0 Å². The first-order valence-corrected chi connectivity index (χ1v) is 7.22. The molecule has 1 saturated carbocycles. The van der Waals surface area contributed by atoms with Gasteiger partial charge in [0.2, 0.25) is 0 Å². The van der Waals surface area contributed by atoms with E-state index in [2.05, 4.69) is 23.6 Å². The van der Waals surface area contributed by atoms with Gasteiger partial charge in [-0.05, 0) is 51.0 Å². The summed E-state index contributed by atoms with van der Waals surface area (Å²) >= 11 is 0. The smallest absolute Gasteiger partial charge is 0.0224 e. The number of hydrogen-bond acceptors (Lipinski definition) is 2. The van der Waals surface area contributed by atoms with Gasteiger partial charge in [-0.25, -0.2) is 0 Å². The largest absolute Gasteiger partial charge is 0.298 e. The maximum atomic E-state index is 2.77. The second kappa shape index (κ2) is 4.30. The van der Waals surface area contributed by atoms with Crippen LogP contribution in [0, 0.1) is 11.8 Å². The number of hydrogen-bond donors (Lipinski definition) is 0. The summed E-state index contributed by atoms with van der Waals surface area (Å²) in [6, 6.07) is 1.68. The highest BCUT2D eigenvalue weighted by Gasteiger charge is 2.36. The monoisotopic (exact) mass is 222 g/mol. The van der Waals surface area contributed by atoms with Crippen LogP contribution >= 0.6 is 0 Å². The van der Waals surface area contributed by atoms with E-state index in [1.807, 2.05) is 0 Å². The fourth-order valence-electron chi connectivity index (χ4n) is 3.69. The van der Waals surface area contributed by atoms with Crippen LogP contribution in [0.25, 0.3) is 0 Å². The molecule has 3 aliphatic rings. The highest BCUT2D eigenvalue weighted by atomic mass is 15.3. The molecule has 2 nitrogen and oxygen atoms in total. The molecule has 3 atom stereocenters. The molecule has 0 radical (unpaired) electrons. The van der Waals surface area contributed by atoms with E-state index in [4.69, 9.17) is 0 Å². The molecular formula is C14H26N2. The molecule has 2 heteroatoms. The van der Waals surface area contributed by atoms with Crippen LogP contribution < -0.4 is 0 Å². The standard InChI is InChI=1S/C14H26N2/c1-11(13-5-6-13)8-16-10-14-4-3-7-15(14)9-12(16)2/h11-14H,3-10H2,1-2H3. The summed E-state index contributed by atoms with van der Waals surface area (Å²) < 4.78 is 0. The van der Waals surface area contributed by atoms with Crippen molar-refractivity contribution in [3.05, 3.63) is 0 Å². The Kier molecular flexibility index (Phi) is 2.97. The van der Waals surface area contributed by atoms with Crippen LogP contribution in [0.5, 0.6) is 0 Å². The Hall–Kier alpha value is -0.0800. The summed E-state index contributed by atoms with van der Waals surface area (Å²) in [6.45, 7) is 10.3. The first-order chi connectivity index (χ1) is 7.74. The number of rotatable bonds is 3. The summed E-state index contributed by atoms with van der Waals surface area (Å²) in [4.78, 5) is 5.50. The molecule has 16 heavy (non-hydrogen) atoms. The molecule has 3 rings (SSSR count). The van der Waals surface area contributed by atoms with E-state index in [1.165, 1.54) is 51.9 Å². The second-order valence-corrected chi connectivity index (χ2v) is 6.41. The minimum absolute atomic E-state index is 0.788. The predicted molar refractivity (Wildman–Crippen MR) is 67.5 cm³/mol. The third-order valence-corrected chi connectivity index (χ3v) is 5.02. The molecule has 2 saturated heterocycles. The molecule has 92 valence electrons. The third-order valence-electron chi connectivity index (χ3n) is 5.02. The van der Waals surface area contributed by atoms with Gasteiger partial charge in [0.05, 0.1) is 0 Å². The molecule has 0 aromatic rings. The predicted octanol–water partition coefficient (Wildman–Crippen LogP) is 2.20. The maximum absolute atomic E-state index is 2.77. The quantitative estimate of drug-likeness (QED) is 0.722. The molecule has 2 aliphatic heterocycles. The summed E-state index contributed by atoms with van der Waals surface area (Å²) in [5.74, 6) is 2.00. The SMILES string of the molecule is CC(CN1CC2CCCN2CC1C)C1CC1. The highest BCUT2D eigenvalue weighted by Crippen LogP contribution is 2.37. The summed E-state index contributed by atoms with van der Waals surface area (Å²) in [7, 11) is 0. The fraction of sp³-hybridized carbons (Fsp3) is 1.00. The molecule has 3 unspecified atom stereocenters. The highest BCUT2D eigenvalue weighted by molar-refractivity contribution is 4.92. The molecule has 0 amide bonds. The molecule has 1 aliphatic carbocycles. The summed E-state index contributed by atoms with van der Waals surface area (Å²) in [5, 5.41) is 0. The molecule has 0 aromatic carbocycles. The van der Waals surface area contributed by atoms with E-state index >= 15 is 0 Å². The zero-order chi connectivity index (χ0) is 11.1. The van der Waals surface area contributed by atoms with Gasteiger partial charge in [0, 0.05) is 31.7 Å². The van der Waals surface area contributed by atoms with Gasteiger partial charge in [-0.3, -0.25) is 9.80 Å². The van der Waals surface area contributed by atoms with Crippen molar-refractivity contribution in [2.24, 2.45) is 11.8 Å². The number of piperazine rings is 1. The average molecular weight is 222 g/mol. The van der Waals surface area contributed by atoms with Gasteiger partial charge in [0.1, 0.15) is 0 Å². The van der Waals surface area contributed by atoms with E-state index in [1.54, 1.807) is 0 Å². The van der Waals surface area contributed by atoms with E-state index in [9.17, 15) is 0 Å². The number of fused-ring (bicyclic) bond motifs is 1. The second-order valence-electron chi connectivity index (χ2n) is 6.41. The maximum Gasteiger partial charge on any atom is 0.0224 e. The zero-order valence-corrected chi connectivity index (χ0v) is 10.9. The van der Waals surface area contributed by atoms with Gasteiger partial charge in [-0.1, -0.05) is 6.92 Å². The van der Waals surface area contributed by atoms with Gasteiger partial charge < -0.3 is 0 Å². The molecule has 0 N–H and O–H groups in total. The molecule has 0 bridgehead atoms. The number of nitrogens with zero attached hydrogens (tertiary/aromatic N) is 2. The summed E-state index contributed by atoms with van der Waals surface area (Å²) in [5.41, 5.74) is 0. The molecule has 2 heterocycles. The van der Waals surface area contributed by atoms with E-state index < -0.39 is 0 Å². The fourth-order valence-corrected chi connectivity index (χ4v) is 3.69. The van der Waals surface area contributed by atoms with Gasteiger partial charge in [-0.15, -0.1) is 0 Å². The van der Waals surface area contributed by atoms with Crippen LogP contribution in [0.2, 0.25) is 0 Å². The molecular weight excluding hydrogens is 196 g/mol. The van der Waals surface area contributed by atoms with Crippen LogP contribution in [-0.4, -0.2) is 48.1 Å². The molecule has 3 fully saturated rings. The van der Waals surface area contributed by atoms with Crippen molar-refractivity contribution in [2.75, 3.05) is 26.2 Å². The lowest BCUT2D eigenvalue weighted by Gasteiger charge is -2.43. The Labute approximate surface area is 100.0 Å². The van der Waals surface area contributed by atoms with Crippen molar-refractivity contribution >= 4 is 0 Å². The van der Waals surface area contributed by atoms with E-state index in [0.29, 0.717) is 0 Å². The van der Waals surface area contributed by atoms with Crippen LogP contribution in [0.1, 0.15) is 39.5 Å². The van der Waals surface area contributed by atoms with E-state index in [0.717, 1.165) is 23.9 Å². The Morgan fingerprint density at radius 1 is 1.19 bits per heavy atom. The zero-order valence-electron chi connectivity index (χ0n) is 10.9. The molecule has 0 spiro atoms. The molecule has 0 aromatic heterocycles. The van der Waals surface area contributed by atoms with Crippen molar-refractivity contribution in [3.8, 4) is 0 Å². The van der Waals surface area contributed by atoms with Crippen molar-refractivity contribution in [1.82, 2.24) is 9.80 Å². The Morgan fingerprint density at radius 2 is 2.00 bits per heavy atom. The summed E-state index contributed by atoms with van der Waals surface area (Å²) in [6.07, 6.45) is 5.88. The van der Waals surface area contributed by atoms with Crippen molar-refractivity contribution in [3.63, 3.8) is 0 Å². The van der Waals surface area contributed by atoms with Crippen LogP contribution in [0.3, 0.4) is 0 Å². The van der Waals surface area contributed by atoms with Crippen LogP contribution in [-0.2, 0) is 0 Å². The lowest BCUT2D eigenvalue weighted by atomic mass is 10.0. The lowest BCUT2D eigenvalue weighted by Crippen LogP contribution is -2.55. The van der Waals surface area contributed by atoms with Crippen molar-refractivity contribution < 1.29 is 0 Å². The van der Waals surface area contributed by atoms with Gasteiger partial charge in [-0.2, -0.15) is 0 Å². The van der Waals surface area contributed by atoms with Gasteiger partial charge in [0.15, 0.2) is 0 Å². The average Bonchev–Trinajstić information content (AvgIpc) is 3.01. The minimum Gasteiger partial charge on any atom is -0.298 e. The minimum atomic E-state index is 0.788. The Bertz CT molecular complexity index is 247. The topological polar surface area (TPSA) is 6.48 Å². The third kappa shape index (κ3) is 2.14. The normalized spacial score (nSPS) is 38.6. The van der Waals surface area contributed by atoms with Gasteiger partial charge >= 0.3 is 0 Å². The van der Waals surface area contributed by atoms with Gasteiger partial charge in [0.25, 0.3) is 0 Å². The van der Waals surface area contributed by atoms with Crippen LogP contribution in [0.4, 0.5) is 0 Å².